The van der Waals surface area contributed by atoms with Crippen molar-refractivity contribution in [2.24, 2.45) is 5.73 Å². The van der Waals surface area contributed by atoms with Gasteiger partial charge in [0, 0.05) is 12.6 Å². The van der Waals surface area contributed by atoms with E-state index in [0.717, 1.165) is 11.0 Å². The van der Waals surface area contributed by atoms with Crippen molar-refractivity contribution >= 4 is 17.8 Å². The van der Waals surface area contributed by atoms with E-state index in [1.807, 2.05) is 0 Å². The molecule has 3 rings (SSSR count). The number of anilines is 1. The van der Waals surface area contributed by atoms with Crippen molar-refractivity contribution in [3.8, 4) is 0 Å². The van der Waals surface area contributed by atoms with Gasteiger partial charge >= 0.3 is 30.7 Å². The Morgan fingerprint density at radius 3 is 1.92 bits per heavy atom. The maximum Gasteiger partial charge on any atom is 0.416 e. The average Bonchev–Trinajstić information content (AvgIpc) is 2.79. The van der Waals surface area contributed by atoms with E-state index in [1.54, 1.807) is 0 Å². The first-order valence-corrected chi connectivity index (χ1v) is 11.4. The molecule has 0 saturated carbocycles. The van der Waals surface area contributed by atoms with Crippen LogP contribution < -0.4 is 10.6 Å². The smallest absolute Gasteiger partial charge is 0.416 e. The standard InChI is InChI=1S/C24H22F9N3O3/c1-3-39-21(38)36-12(2)6-19(17-10-14(22(25,26)27)4-5-18(17)36)35(20(34)37)11-13-7-15(23(28,29)30)9-16(8-13)24(31,32)33/h4-5,7-10,12,19H,3,6,11H2,1-2H3,(H2,34,37)/t12-,19+/m0/s1. The van der Waals surface area contributed by atoms with Crippen LogP contribution in [-0.2, 0) is 29.8 Å². The highest BCUT2D eigenvalue weighted by Gasteiger charge is 2.42. The number of carbonyl (C=O) groups excluding carboxylic acids is 2. The monoisotopic (exact) mass is 571 g/mol. The molecule has 2 aromatic rings. The molecule has 214 valence electrons. The fourth-order valence-corrected chi connectivity index (χ4v) is 4.43. The summed E-state index contributed by atoms with van der Waals surface area (Å²) in [6, 6.07) is -0.447. The maximum atomic E-state index is 13.5. The lowest BCUT2D eigenvalue weighted by molar-refractivity contribution is -0.143. The van der Waals surface area contributed by atoms with Gasteiger partial charge in [-0.15, -0.1) is 0 Å². The number of alkyl halides is 9. The molecule has 0 unspecified atom stereocenters. The molecule has 0 spiro atoms. The fraction of sp³-hybridized carbons (Fsp3) is 0.417. The molecule has 39 heavy (non-hydrogen) atoms. The molecule has 2 aromatic carbocycles. The van der Waals surface area contributed by atoms with Gasteiger partial charge in [-0.2, -0.15) is 39.5 Å². The Labute approximate surface area is 216 Å². The highest BCUT2D eigenvalue weighted by Crippen LogP contribution is 2.44. The second-order valence-electron chi connectivity index (χ2n) is 8.82. The zero-order valence-electron chi connectivity index (χ0n) is 20.3. The number of amides is 3. The fourth-order valence-electron chi connectivity index (χ4n) is 4.43. The minimum atomic E-state index is -5.17. The Hall–Kier alpha value is -3.65. The van der Waals surface area contributed by atoms with E-state index in [4.69, 9.17) is 10.5 Å². The number of primary amides is 1. The molecule has 1 heterocycles. The number of nitrogens with zero attached hydrogens (tertiary/aromatic N) is 2. The molecule has 2 N–H and O–H groups in total. The number of ether oxygens (including phenoxy) is 1. The molecule has 0 saturated heterocycles. The number of rotatable bonds is 4. The van der Waals surface area contributed by atoms with Crippen LogP contribution >= 0.6 is 0 Å². The van der Waals surface area contributed by atoms with Crippen LogP contribution in [-0.4, -0.2) is 29.7 Å². The van der Waals surface area contributed by atoms with Crippen LogP contribution in [0.3, 0.4) is 0 Å². The van der Waals surface area contributed by atoms with Crippen LogP contribution in [0.4, 0.5) is 54.8 Å². The summed E-state index contributed by atoms with van der Waals surface area (Å²) in [5.41, 5.74) is 0.0816. The van der Waals surface area contributed by atoms with Crippen molar-refractivity contribution < 1.29 is 53.8 Å². The lowest BCUT2D eigenvalue weighted by Gasteiger charge is -2.42. The number of carbonyl (C=O) groups is 2. The summed E-state index contributed by atoms with van der Waals surface area (Å²) in [7, 11) is 0. The highest BCUT2D eigenvalue weighted by atomic mass is 19.4. The topological polar surface area (TPSA) is 75.9 Å². The number of halogens is 9. The predicted molar refractivity (Wildman–Crippen MR) is 119 cm³/mol. The lowest BCUT2D eigenvalue weighted by atomic mass is 9.89. The van der Waals surface area contributed by atoms with Gasteiger partial charge in [-0.05, 0) is 67.8 Å². The van der Waals surface area contributed by atoms with Crippen molar-refractivity contribution in [2.45, 2.75) is 57.4 Å². The first-order chi connectivity index (χ1) is 17.8. The summed E-state index contributed by atoms with van der Waals surface area (Å²) in [6.45, 7) is 2.03. The van der Waals surface area contributed by atoms with Gasteiger partial charge in [-0.1, -0.05) is 0 Å². The first kappa shape index (κ1) is 29.9. The zero-order chi connectivity index (χ0) is 29.5. The highest BCUT2D eigenvalue weighted by molar-refractivity contribution is 5.90. The van der Waals surface area contributed by atoms with E-state index >= 15 is 0 Å². The van der Waals surface area contributed by atoms with Crippen LogP contribution in [0.25, 0.3) is 0 Å². The van der Waals surface area contributed by atoms with Crippen LogP contribution in [0.2, 0.25) is 0 Å². The van der Waals surface area contributed by atoms with Crippen LogP contribution in [0.5, 0.6) is 0 Å². The Bertz CT molecular complexity index is 1210. The third-order valence-corrected chi connectivity index (χ3v) is 6.10. The lowest BCUT2D eigenvalue weighted by Crippen LogP contribution is -2.48. The molecule has 6 nitrogen and oxygen atoms in total. The normalized spacial score (nSPS) is 18.0. The van der Waals surface area contributed by atoms with E-state index in [9.17, 15) is 49.1 Å². The predicted octanol–water partition coefficient (Wildman–Crippen LogP) is 7.12. The molecule has 1 aliphatic rings. The second kappa shape index (κ2) is 10.5. The van der Waals surface area contributed by atoms with Gasteiger partial charge in [0.15, 0.2) is 0 Å². The first-order valence-electron chi connectivity index (χ1n) is 11.4. The van der Waals surface area contributed by atoms with Gasteiger partial charge in [0.1, 0.15) is 0 Å². The molecule has 1 aliphatic heterocycles. The molecule has 0 aromatic heterocycles. The molecule has 0 fully saturated rings. The molecule has 0 bridgehead atoms. The van der Waals surface area contributed by atoms with Crippen molar-refractivity contribution in [1.82, 2.24) is 4.90 Å². The van der Waals surface area contributed by atoms with Crippen molar-refractivity contribution in [1.29, 1.82) is 0 Å². The molecular weight excluding hydrogens is 549 g/mol. The van der Waals surface area contributed by atoms with Crippen LogP contribution in [0, 0.1) is 0 Å². The third kappa shape index (κ3) is 6.50. The molecule has 3 amide bonds. The van der Waals surface area contributed by atoms with Crippen molar-refractivity contribution in [3.63, 3.8) is 0 Å². The molecule has 0 radical (unpaired) electrons. The summed E-state index contributed by atoms with van der Waals surface area (Å²) in [4.78, 5) is 26.8. The second-order valence-corrected chi connectivity index (χ2v) is 8.82. The summed E-state index contributed by atoms with van der Waals surface area (Å²) in [6.07, 6.45) is -16.3. The Kier molecular flexibility index (Phi) is 8.04. The molecule has 15 heteroatoms. The summed E-state index contributed by atoms with van der Waals surface area (Å²) in [5.74, 6) is 0. The van der Waals surface area contributed by atoms with Gasteiger partial charge < -0.3 is 15.4 Å². The number of urea groups is 1. The van der Waals surface area contributed by atoms with Gasteiger partial charge in [-0.3, -0.25) is 4.90 Å². The molecular formula is C24H22F9N3O3. The van der Waals surface area contributed by atoms with Gasteiger partial charge in [-0.25, -0.2) is 9.59 Å². The zero-order valence-corrected chi connectivity index (χ0v) is 20.3. The Morgan fingerprint density at radius 2 is 1.46 bits per heavy atom. The van der Waals surface area contributed by atoms with E-state index in [0.29, 0.717) is 29.2 Å². The van der Waals surface area contributed by atoms with Crippen LogP contribution in [0.15, 0.2) is 36.4 Å². The quantitative estimate of drug-likeness (QED) is 0.397. The number of fused-ring (bicyclic) bond motifs is 1. The average molecular weight is 571 g/mol. The van der Waals surface area contributed by atoms with E-state index < -0.39 is 71.5 Å². The van der Waals surface area contributed by atoms with Crippen molar-refractivity contribution in [3.05, 3.63) is 64.2 Å². The van der Waals surface area contributed by atoms with E-state index in [1.165, 1.54) is 13.8 Å². The molecule has 0 aliphatic carbocycles. The van der Waals surface area contributed by atoms with E-state index in [2.05, 4.69) is 0 Å². The number of benzene rings is 2. The van der Waals surface area contributed by atoms with Gasteiger partial charge in [0.2, 0.25) is 0 Å². The molecule has 2 atom stereocenters. The summed E-state index contributed by atoms with van der Waals surface area (Å²) >= 11 is 0. The summed E-state index contributed by atoms with van der Waals surface area (Å²) < 4.78 is 126. The minimum absolute atomic E-state index is 0.0635. The number of hydrogen-bond acceptors (Lipinski definition) is 3. The van der Waals surface area contributed by atoms with Crippen LogP contribution in [0.1, 0.15) is 54.1 Å². The minimum Gasteiger partial charge on any atom is -0.449 e. The Balaban J connectivity index is 2.17. The van der Waals surface area contributed by atoms with E-state index in [-0.39, 0.29) is 30.3 Å². The van der Waals surface area contributed by atoms with Gasteiger partial charge in [0.05, 0.1) is 35.0 Å². The third-order valence-electron chi connectivity index (χ3n) is 6.10. The maximum absolute atomic E-state index is 13.5. The number of nitrogens with two attached hydrogens (primary N) is 1. The largest absolute Gasteiger partial charge is 0.449 e. The van der Waals surface area contributed by atoms with Gasteiger partial charge in [0.25, 0.3) is 0 Å². The SMILES string of the molecule is CCOC(=O)N1c2ccc(C(F)(F)F)cc2[C@H](N(Cc2cc(C(F)(F)F)cc(C(F)(F)F)c2)C(N)=O)C[C@@H]1C. The number of hydrogen-bond donors (Lipinski definition) is 1. The van der Waals surface area contributed by atoms with Crippen molar-refractivity contribution in [2.75, 3.05) is 11.5 Å². The summed E-state index contributed by atoms with van der Waals surface area (Å²) in [5, 5.41) is 0. The Morgan fingerprint density at radius 1 is 0.923 bits per heavy atom.